The minimum absolute atomic E-state index is 0.326. The van der Waals surface area contributed by atoms with Crippen molar-refractivity contribution in [2.24, 2.45) is 5.92 Å². The SMILES string of the molecule is COCc1nc(C)cc(NC(C2CC2)C2CCCCO2)n1. The molecular weight excluding hydrogens is 266 g/mol. The van der Waals surface area contributed by atoms with Gasteiger partial charge >= 0.3 is 0 Å². The normalized spacial score (nSPS) is 23.8. The summed E-state index contributed by atoms with van der Waals surface area (Å²) in [4.78, 5) is 8.96. The first-order valence-corrected chi connectivity index (χ1v) is 7.98. The number of methoxy groups -OCH3 is 1. The predicted octanol–water partition coefficient (Wildman–Crippen LogP) is 2.69. The van der Waals surface area contributed by atoms with Gasteiger partial charge < -0.3 is 14.8 Å². The van der Waals surface area contributed by atoms with Crippen molar-refractivity contribution in [3.63, 3.8) is 0 Å². The van der Waals surface area contributed by atoms with Crippen molar-refractivity contribution in [3.05, 3.63) is 17.6 Å². The summed E-state index contributed by atoms with van der Waals surface area (Å²) < 4.78 is 11.1. The zero-order valence-electron chi connectivity index (χ0n) is 13.0. The van der Waals surface area contributed by atoms with Crippen LogP contribution in [-0.2, 0) is 16.1 Å². The van der Waals surface area contributed by atoms with Gasteiger partial charge in [0.15, 0.2) is 5.82 Å². The van der Waals surface area contributed by atoms with Crippen LogP contribution in [0.5, 0.6) is 0 Å². The molecule has 2 heterocycles. The van der Waals surface area contributed by atoms with Crippen molar-refractivity contribution in [2.45, 2.75) is 57.8 Å². The third-order valence-corrected chi connectivity index (χ3v) is 4.23. The highest BCUT2D eigenvalue weighted by Crippen LogP contribution is 2.38. The topological polar surface area (TPSA) is 56.3 Å². The first-order chi connectivity index (χ1) is 10.3. The van der Waals surface area contributed by atoms with Gasteiger partial charge in [0.1, 0.15) is 12.4 Å². The number of anilines is 1. The molecule has 0 aromatic carbocycles. The first-order valence-electron chi connectivity index (χ1n) is 7.98. The summed E-state index contributed by atoms with van der Waals surface area (Å²) in [5.41, 5.74) is 0.971. The van der Waals surface area contributed by atoms with Gasteiger partial charge in [-0.1, -0.05) is 0 Å². The smallest absolute Gasteiger partial charge is 0.156 e. The molecule has 0 amide bonds. The molecule has 1 aliphatic heterocycles. The monoisotopic (exact) mass is 291 g/mol. The second kappa shape index (κ2) is 6.71. The minimum Gasteiger partial charge on any atom is -0.377 e. The molecule has 0 radical (unpaired) electrons. The molecule has 2 atom stereocenters. The number of rotatable bonds is 6. The third-order valence-electron chi connectivity index (χ3n) is 4.23. The lowest BCUT2D eigenvalue weighted by molar-refractivity contribution is 0.000609. The van der Waals surface area contributed by atoms with Gasteiger partial charge in [-0.3, -0.25) is 0 Å². The fourth-order valence-electron chi connectivity index (χ4n) is 3.09. The van der Waals surface area contributed by atoms with E-state index in [1.807, 2.05) is 13.0 Å². The maximum Gasteiger partial charge on any atom is 0.156 e. The second-order valence-corrected chi connectivity index (χ2v) is 6.16. The predicted molar refractivity (Wildman–Crippen MR) is 81.2 cm³/mol. The Balaban J connectivity index is 1.72. The maximum absolute atomic E-state index is 5.99. The van der Waals surface area contributed by atoms with Crippen molar-refractivity contribution in [1.82, 2.24) is 9.97 Å². The van der Waals surface area contributed by atoms with Gasteiger partial charge in [0, 0.05) is 25.5 Å². The van der Waals surface area contributed by atoms with Crippen LogP contribution in [0, 0.1) is 12.8 Å². The number of nitrogens with zero attached hydrogens (tertiary/aromatic N) is 2. The van der Waals surface area contributed by atoms with Gasteiger partial charge in [-0.15, -0.1) is 0 Å². The molecular formula is C16H25N3O2. The summed E-state index contributed by atoms with van der Waals surface area (Å²) in [5, 5.41) is 3.62. The van der Waals surface area contributed by atoms with E-state index in [1.54, 1.807) is 7.11 Å². The molecule has 1 aromatic rings. The molecule has 2 unspecified atom stereocenters. The number of aromatic nitrogens is 2. The van der Waals surface area contributed by atoms with Crippen molar-refractivity contribution in [1.29, 1.82) is 0 Å². The van der Waals surface area contributed by atoms with Crippen LogP contribution in [-0.4, -0.2) is 35.8 Å². The number of nitrogens with one attached hydrogen (secondary N) is 1. The molecule has 21 heavy (non-hydrogen) atoms. The first kappa shape index (κ1) is 14.7. The van der Waals surface area contributed by atoms with E-state index in [4.69, 9.17) is 9.47 Å². The van der Waals surface area contributed by atoms with Gasteiger partial charge in [0.2, 0.25) is 0 Å². The Labute approximate surface area is 126 Å². The molecule has 1 saturated carbocycles. The molecule has 1 aromatic heterocycles. The lowest BCUT2D eigenvalue weighted by Crippen LogP contribution is -2.40. The zero-order chi connectivity index (χ0) is 14.7. The van der Waals surface area contributed by atoms with Crippen molar-refractivity contribution < 1.29 is 9.47 Å². The molecule has 1 N–H and O–H groups in total. The van der Waals surface area contributed by atoms with Crippen LogP contribution >= 0.6 is 0 Å². The number of ether oxygens (including phenoxy) is 2. The standard InChI is InChI=1S/C16H25N3O2/c1-11-9-14(18-15(17-11)10-20-2)19-16(12-6-7-12)13-5-3-4-8-21-13/h9,12-13,16H,3-8,10H2,1-2H3,(H,17,18,19). The second-order valence-electron chi connectivity index (χ2n) is 6.16. The highest BCUT2D eigenvalue weighted by Gasteiger charge is 2.38. The molecule has 2 aliphatic rings. The largest absolute Gasteiger partial charge is 0.377 e. The maximum atomic E-state index is 5.99. The van der Waals surface area contributed by atoms with E-state index in [1.165, 1.54) is 25.7 Å². The van der Waals surface area contributed by atoms with Gasteiger partial charge in [0.25, 0.3) is 0 Å². The van der Waals surface area contributed by atoms with Crippen LogP contribution in [0.1, 0.15) is 43.6 Å². The van der Waals surface area contributed by atoms with E-state index in [0.29, 0.717) is 18.8 Å². The Morgan fingerprint density at radius 3 is 2.86 bits per heavy atom. The highest BCUT2D eigenvalue weighted by atomic mass is 16.5. The Morgan fingerprint density at radius 1 is 1.33 bits per heavy atom. The van der Waals surface area contributed by atoms with Crippen LogP contribution in [0.25, 0.3) is 0 Å². The zero-order valence-corrected chi connectivity index (χ0v) is 13.0. The lowest BCUT2D eigenvalue weighted by Gasteiger charge is -2.31. The minimum atomic E-state index is 0.326. The summed E-state index contributed by atoms with van der Waals surface area (Å²) in [5.74, 6) is 2.37. The van der Waals surface area contributed by atoms with Gasteiger partial charge in [0.05, 0.1) is 12.1 Å². The van der Waals surface area contributed by atoms with Crippen molar-refractivity contribution in [2.75, 3.05) is 19.0 Å². The Hall–Kier alpha value is -1.20. The summed E-state index contributed by atoms with van der Waals surface area (Å²) in [6, 6.07) is 2.40. The van der Waals surface area contributed by atoms with Crippen LogP contribution in [0.2, 0.25) is 0 Å². The molecule has 5 heteroatoms. The summed E-state index contributed by atoms with van der Waals surface area (Å²) >= 11 is 0. The average molecular weight is 291 g/mol. The number of hydrogen-bond donors (Lipinski definition) is 1. The fraction of sp³-hybridized carbons (Fsp3) is 0.750. The van der Waals surface area contributed by atoms with Gasteiger partial charge in [-0.2, -0.15) is 0 Å². The number of aryl methyl sites for hydroxylation is 1. The Bertz CT molecular complexity index is 471. The van der Waals surface area contributed by atoms with Gasteiger partial charge in [-0.05, 0) is 44.9 Å². The quantitative estimate of drug-likeness (QED) is 0.873. The van der Waals surface area contributed by atoms with Crippen LogP contribution < -0.4 is 5.32 Å². The molecule has 0 spiro atoms. The third kappa shape index (κ3) is 3.92. The molecule has 1 saturated heterocycles. The molecule has 116 valence electrons. The Kier molecular flexibility index (Phi) is 4.70. The summed E-state index contributed by atoms with van der Waals surface area (Å²) in [6.07, 6.45) is 6.54. The Morgan fingerprint density at radius 2 is 2.19 bits per heavy atom. The molecule has 5 nitrogen and oxygen atoms in total. The van der Waals surface area contributed by atoms with Crippen molar-refractivity contribution in [3.8, 4) is 0 Å². The van der Waals surface area contributed by atoms with E-state index in [2.05, 4.69) is 15.3 Å². The van der Waals surface area contributed by atoms with Crippen LogP contribution in [0.4, 0.5) is 5.82 Å². The van der Waals surface area contributed by atoms with E-state index < -0.39 is 0 Å². The van der Waals surface area contributed by atoms with E-state index >= 15 is 0 Å². The van der Waals surface area contributed by atoms with Crippen LogP contribution in [0.3, 0.4) is 0 Å². The van der Waals surface area contributed by atoms with E-state index in [0.717, 1.165) is 36.3 Å². The van der Waals surface area contributed by atoms with Crippen LogP contribution in [0.15, 0.2) is 6.07 Å². The van der Waals surface area contributed by atoms with E-state index in [-0.39, 0.29) is 0 Å². The molecule has 0 bridgehead atoms. The molecule has 1 aliphatic carbocycles. The fourth-order valence-corrected chi connectivity index (χ4v) is 3.09. The average Bonchev–Trinajstić information content (AvgIpc) is 3.30. The lowest BCUT2D eigenvalue weighted by atomic mass is 9.98. The van der Waals surface area contributed by atoms with Gasteiger partial charge in [-0.25, -0.2) is 9.97 Å². The summed E-state index contributed by atoms with van der Waals surface area (Å²) in [7, 11) is 1.67. The number of hydrogen-bond acceptors (Lipinski definition) is 5. The van der Waals surface area contributed by atoms with Crippen molar-refractivity contribution >= 4 is 5.82 Å². The van der Waals surface area contributed by atoms with E-state index in [9.17, 15) is 0 Å². The molecule has 2 fully saturated rings. The summed E-state index contributed by atoms with van der Waals surface area (Å²) in [6.45, 7) is 3.34. The molecule has 3 rings (SSSR count). The highest BCUT2D eigenvalue weighted by molar-refractivity contribution is 5.38.